The number of nitrogens with zero attached hydrogens (tertiary/aromatic N) is 5. The van der Waals surface area contributed by atoms with Gasteiger partial charge in [-0.05, 0) is 17.4 Å². The Morgan fingerprint density at radius 2 is 2.10 bits per heavy atom. The highest BCUT2D eigenvalue weighted by atomic mass is 28.3. The van der Waals surface area contributed by atoms with Gasteiger partial charge in [0.1, 0.15) is 8.07 Å². The third-order valence-electron chi connectivity index (χ3n) is 3.23. The van der Waals surface area contributed by atoms with Crippen LogP contribution in [-0.4, -0.2) is 33.2 Å². The van der Waals surface area contributed by atoms with Crippen LogP contribution in [0.1, 0.15) is 0 Å². The lowest BCUT2D eigenvalue weighted by Gasteiger charge is -2.22. The summed E-state index contributed by atoms with van der Waals surface area (Å²) in [7, 11) is 1.39. The van der Waals surface area contributed by atoms with Crippen molar-refractivity contribution in [3.63, 3.8) is 0 Å². The molecular weight excluding hydrogens is 270 g/mol. The molecule has 0 saturated carbocycles. The monoisotopic (exact) mass is 289 g/mol. The van der Waals surface area contributed by atoms with Gasteiger partial charge in [0, 0.05) is 12.7 Å². The van der Waals surface area contributed by atoms with Crippen LogP contribution in [0, 0.1) is 0 Å². The number of hydrogen-bond donors (Lipinski definition) is 0. The third kappa shape index (κ3) is 3.40. The summed E-state index contributed by atoms with van der Waals surface area (Å²) < 4.78 is 0. The Bertz CT molecular complexity index is 566. The van der Waals surface area contributed by atoms with Crippen molar-refractivity contribution in [2.75, 3.05) is 19.0 Å². The van der Waals surface area contributed by atoms with E-state index in [1.54, 1.807) is 7.05 Å². The molecule has 0 N–H and O–H groups in total. The van der Waals surface area contributed by atoms with Crippen LogP contribution in [0.4, 0.5) is 10.5 Å². The molecule has 0 unspecified atom stereocenters. The lowest BCUT2D eigenvalue weighted by molar-refractivity contribution is 0.218. The summed E-state index contributed by atoms with van der Waals surface area (Å²) in [6.07, 6.45) is 0. The largest absolute Gasteiger partial charge is 0.418 e. The molecule has 0 aliphatic heterocycles. The van der Waals surface area contributed by atoms with E-state index in [1.165, 1.54) is 17.1 Å². The molecule has 1 rings (SSSR count). The Balaban J connectivity index is 3.09. The average molecular weight is 289 g/mol. The minimum atomic E-state index is -1.68. The number of benzene rings is 1. The van der Waals surface area contributed by atoms with Gasteiger partial charge in [-0.15, -0.1) is 12.1 Å². The zero-order valence-electron chi connectivity index (χ0n) is 12.2. The van der Waals surface area contributed by atoms with Crippen LogP contribution in [0.15, 0.2) is 41.8 Å². The van der Waals surface area contributed by atoms with Gasteiger partial charge in [0.25, 0.3) is 0 Å². The molecule has 1 aromatic rings. The quantitative estimate of drug-likeness (QED) is 0.276. The predicted molar refractivity (Wildman–Crippen MR) is 84.5 cm³/mol. The molecule has 106 valence electrons. The number of carbonyl (C=O) groups excluding carboxylic acids is 1. The van der Waals surface area contributed by atoms with Gasteiger partial charge in [-0.1, -0.05) is 36.1 Å². The summed E-state index contributed by atoms with van der Waals surface area (Å²) in [4.78, 5) is 16.1. The molecule has 1 aromatic carbocycles. The number of anilines is 1. The number of carbonyl (C=O) groups is 1. The van der Waals surface area contributed by atoms with Gasteiger partial charge in [-0.2, -0.15) is 9.92 Å². The van der Waals surface area contributed by atoms with Crippen molar-refractivity contribution >= 4 is 25.0 Å². The minimum Gasteiger partial charge on any atom is -0.277 e. The third-order valence-corrected chi connectivity index (χ3v) is 6.05. The second-order valence-corrected chi connectivity index (χ2v) is 9.45. The Hall–Kier alpha value is -2.24. The van der Waals surface area contributed by atoms with E-state index in [0.29, 0.717) is 0 Å². The maximum Gasteiger partial charge on any atom is 0.418 e. The average Bonchev–Trinajstić information content (AvgIpc) is 2.46. The minimum absolute atomic E-state index is 0.391. The molecule has 0 aromatic heterocycles. The fourth-order valence-corrected chi connectivity index (χ4v) is 2.94. The molecule has 7 heteroatoms. The van der Waals surface area contributed by atoms with Crippen molar-refractivity contribution in [1.29, 1.82) is 0 Å². The smallest absolute Gasteiger partial charge is 0.277 e. The molecule has 0 radical (unpaired) electrons. The van der Waals surface area contributed by atoms with Crippen LogP contribution in [0.3, 0.4) is 0 Å². The zero-order valence-corrected chi connectivity index (χ0v) is 13.2. The predicted octanol–water partition coefficient (Wildman–Crippen LogP) is 3.04. The topological polar surface area (TPSA) is 72.3 Å². The zero-order chi connectivity index (χ0) is 15.3. The van der Waals surface area contributed by atoms with Crippen LogP contribution in [0.25, 0.3) is 10.4 Å². The molecule has 0 bridgehead atoms. The molecule has 2 amide bonds. The van der Waals surface area contributed by atoms with Crippen molar-refractivity contribution in [2.24, 2.45) is 5.22 Å². The van der Waals surface area contributed by atoms with E-state index in [4.69, 9.17) is 5.53 Å². The molecule has 0 aliphatic rings. The second kappa shape index (κ2) is 6.27. The first-order valence-corrected chi connectivity index (χ1v) is 9.22. The van der Waals surface area contributed by atoms with Crippen LogP contribution in [0.2, 0.25) is 13.1 Å². The lowest BCUT2D eigenvalue weighted by Crippen LogP contribution is -2.41. The first-order chi connectivity index (χ1) is 9.33. The standard InChI is InChI=1S/C13H19N5OSi/c1-6-20(4,5)12-9-7-8-11(10-12)17(2)13(19)18(3)16-15-14/h6-10H,1H2,2-5H3. The van der Waals surface area contributed by atoms with Gasteiger partial charge >= 0.3 is 6.03 Å². The Morgan fingerprint density at radius 3 is 2.65 bits per heavy atom. The van der Waals surface area contributed by atoms with Gasteiger partial charge in [0.15, 0.2) is 0 Å². The van der Waals surface area contributed by atoms with Crippen LogP contribution in [-0.2, 0) is 0 Å². The van der Waals surface area contributed by atoms with Gasteiger partial charge in [0.05, 0.1) is 7.05 Å². The Labute approximate surface area is 119 Å². The first-order valence-electron chi connectivity index (χ1n) is 6.14. The fraction of sp³-hybridized carbons (Fsp3) is 0.308. The fourth-order valence-electron chi connectivity index (χ4n) is 1.66. The normalized spacial score (nSPS) is 10.4. The molecule has 0 heterocycles. The van der Waals surface area contributed by atoms with Gasteiger partial charge in [0.2, 0.25) is 0 Å². The molecule has 0 saturated heterocycles. The SMILES string of the molecule is C=C[Si](C)(C)c1cccc(N(C)C(=O)N(C)N=[N+]=[N-])c1. The van der Waals surface area contributed by atoms with Gasteiger partial charge in [-0.3, -0.25) is 4.90 Å². The highest BCUT2D eigenvalue weighted by Crippen LogP contribution is 2.15. The number of hydrogen-bond acceptors (Lipinski definition) is 2. The lowest BCUT2D eigenvalue weighted by atomic mass is 10.3. The molecule has 6 nitrogen and oxygen atoms in total. The Morgan fingerprint density at radius 1 is 1.45 bits per heavy atom. The number of urea groups is 1. The van der Waals surface area contributed by atoms with Crippen molar-refractivity contribution in [2.45, 2.75) is 13.1 Å². The number of azide groups is 1. The molecular formula is C13H19N5OSi. The highest BCUT2D eigenvalue weighted by molar-refractivity contribution is 6.93. The Kier molecular flexibility index (Phi) is 4.96. The first kappa shape index (κ1) is 15.8. The summed E-state index contributed by atoms with van der Waals surface area (Å²) >= 11 is 0. The van der Waals surface area contributed by atoms with Crippen molar-refractivity contribution in [1.82, 2.24) is 5.01 Å². The molecule has 20 heavy (non-hydrogen) atoms. The summed E-state index contributed by atoms with van der Waals surface area (Å²) in [5.41, 5.74) is 11.1. The summed E-state index contributed by atoms with van der Waals surface area (Å²) in [6, 6.07) is 7.40. The second-order valence-electron chi connectivity index (χ2n) is 5.02. The summed E-state index contributed by atoms with van der Waals surface area (Å²) in [5.74, 6) is 0. The van der Waals surface area contributed by atoms with E-state index >= 15 is 0 Å². The summed E-state index contributed by atoms with van der Waals surface area (Å²) in [5, 5.41) is 5.43. The highest BCUT2D eigenvalue weighted by Gasteiger charge is 2.22. The van der Waals surface area contributed by atoms with E-state index in [-0.39, 0.29) is 0 Å². The molecule has 0 atom stereocenters. The molecule has 0 aliphatic carbocycles. The maximum absolute atomic E-state index is 12.0. The number of amides is 2. The van der Waals surface area contributed by atoms with Crippen molar-refractivity contribution in [3.8, 4) is 0 Å². The maximum atomic E-state index is 12.0. The molecule has 0 spiro atoms. The van der Waals surface area contributed by atoms with E-state index in [1.807, 2.05) is 30.0 Å². The van der Waals surface area contributed by atoms with Gasteiger partial charge in [-0.25, -0.2) is 4.79 Å². The van der Waals surface area contributed by atoms with Gasteiger partial charge < -0.3 is 0 Å². The summed E-state index contributed by atoms with van der Waals surface area (Å²) in [6.45, 7) is 8.26. The van der Waals surface area contributed by atoms with E-state index in [2.05, 4.69) is 29.8 Å². The van der Waals surface area contributed by atoms with E-state index in [0.717, 1.165) is 10.7 Å². The molecule has 0 fully saturated rings. The van der Waals surface area contributed by atoms with Crippen LogP contribution >= 0.6 is 0 Å². The van der Waals surface area contributed by atoms with Crippen LogP contribution < -0.4 is 10.1 Å². The number of rotatable bonds is 4. The van der Waals surface area contributed by atoms with Crippen molar-refractivity contribution in [3.05, 3.63) is 47.0 Å². The van der Waals surface area contributed by atoms with Crippen LogP contribution in [0.5, 0.6) is 0 Å². The van der Waals surface area contributed by atoms with E-state index < -0.39 is 14.1 Å². The van der Waals surface area contributed by atoms with E-state index in [9.17, 15) is 4.79 Å². The van der Waals surface area contributed by atoms with Crippen molar-refractivity contribution < 1.29 is 4.79 Å².